The van der Waals surface area contributed by atoms with Crippen LogP contribution < -0.4 is 11.3 Å². The maximum Gasteiger partial charge on any atom is 0.268 e. The second-order valence-electron chi connectivity index (χ2n) is 4.13. The molecule has 3 N–H and O–H groups in total. The highest BCUT2D eigenvalue weighted by molar-refractivity contribution is 5.29. The molecule has 0 radical (unpaired) electrons. The Kier molecular flexibility index (Phi) is 2.56. The molecule has 1 heterocycles. The quantitative estimate of drug-likeness (QED) is 0.799. The smallest absolute Gasteiger partial charge is 0.268 e. The monoisotopic (exact) mass is 217 g/mol. The lowest BCUT2D eigenvalue weighted by Crippen LogP contribution is -2.16. The van der Waals surface area contributed by atoms with Crippen LogP contribution in [0.15, 0.2) is 29.1 Å². The zero-order chi connectivity index (χ0) is 11.7. The molecule has 0 aliphatic rings. The fraction of sp³-hybridized carbons (Fsp3) is 0.250. The molecule has 1 aromatic heterocycles. The maximum absolute atomic E-state index is 11.5. The van der Waals surface area contributed by atoms with E-state index in [-0.39, 0.29) is 5.56 Å². The van der Waals surface area contributed by atoms with Crippen LogP contribution >= 0.6 is 0 Å². The van der Waals surface area contributed by atoms with E-state index in [0.29, 0.717) is 12.4 Å². The number of nitrogens with one attached hydrogen (secondary N) is 1. The lowest BCUT2D eigenvalue weighted by molar-refractivity contribution is 0.666. The lowest BCUT2D eigenvalue weighted by atomic mass is 10.1. The van der Waals surface area contributed by atoms with Gasteiger partial charge in [0.1, 0.15) is 5.82 Å². The van der Waals surface area contributed by atoms with Gasteiger partial charge in [0.15, 0.2) is 0 Å². The van der Waals surface area contributed by atoms with Gasteiger partial charge in [-0.15, -0.1) is 0 Å². The molecular weight excluding hydrogens is 202 g/mol. The van der Waals surface area contributed by atoms with Crippen LogP contribution in [0.25, 0.3) is 0 Å². The Morgan fingerprint density at radius 2 is 1.81 bits per heavy atom. The van der Waals surface area contributed by atoms with Crippen molar-refractivity contribution in [2.24, 2.45) is 0 Å². The van der Waals surface area contributed by atoms with Gasteiger partial charge in [-0.05, 0) is 19.4 Å². The highest BCUT2D eigenvalue weighted by atomic mass is 16.1. The van der Waals surface area contributed by atoms with E-state index in [2.05, 4.69) is 23.3 Å². The zero-order valence-corrected chi connectivity index (χ0v) is 9.45. The van der Waals surface area contributed by atoms with E-state index in [1.807, 2.05) is 13.8 Å². The predicted octanol–water partition coefficient (Wildman–Crippen LogP) is 1.42. The minimum Gasteiger partial charge on any atom is -0.384 e. The Hall–Kier alpha value is -1.97. The fourth-order valence-corrected chi connectivity index (χ4v) is 1.91. The summed E-state index contributed by atoms with van der Waals surface area (Å²) in [5, 5.41) is 2.81. The predicted molar refractivity (Wildman–Crippen MR) is 64.5 cm³/mol. The molecule has 0 spiro atoms. The molecule has 0 saturated carbocycles. The first-order chi connectivity index (χ1) is 7.54. The first kappa shape index (κ1) is 10.5. The number of hydrogen-bond acceptors (Lipinski definition) is 2. The molecule has 0 atom stereocenters. The van der Waals surface area contributed by atoms with Gasteiger partial charge < -0.3 is 5.73 Å². The number of nitrogens with zero attached hydrogens (tertiary/aromatic N) is 1. The van der Waals surface area contributed by atoms with Gasteiger partial charge in [-0.1, -0.05) is 29.3 Å². The third kappa shape index (κ3) is 2.16. The number of aryl methyl sites for hydroxylation is 2. The van der Waals surface area contributed by atoms with E-state index in [9.17, 15) is 4.79 Å². The van der Waals surface area contributed by atoms with Crippen LogP contribution in [0.2, 0.25) is 0 Å². The highest BCUT2D eigenvalue weighted by Gasteiger charge is 2.02. The van der Waals surface area contributed by atoms with Gasteiger partial charge in [0, 0.05) is 6.07 Å². The van der Waals surface area contributed by atoms with Crippen molar-refractivity contribution in [2.75, 3.05) is 5.73 Å². The number of nitrogens with two attached hydrogens (primary N) is 1. The van der Waals surface area contributed by atoms with Gasteiger partial charge in [0.05, 0.1) is 6.54 Å². The van der Waals surface area contributed by atoms with Crippen LogP contribution in [-0.2, 0) is 6.54 Å². The van der Waals surface area contributed by atoms with E-state index in [0.717, 1.165) is 5.56 Å². The third-order valence-electron chi connectivity index (χ3n) is 2.43. The number of nitrogen functional groups attached to an aromatic ring is 1. The van der Waals surface area contributed by atoms with Crippen LogP contribution in [0.5, 0.6) is 0 Å². The summed E-state index contributed by atoms with van der Waals surface area (Å²) >= 11 is 0. The molecule has 0 fully saturated rings. The normalized spacial score (nSPS) is 10.6. The standard InChI is InChI=1S/C12H15N3O/c1-8-3-9(2)5-10(4-8)7-15-12(16)6-11(13)14-15/h3-6,14H,7,13H2,1-2H3. The fourth-order valence-electron chi connectivity index (χ4n) is 1.91. The van der Waals surface area contributed by atoms with E-state index in [1.165, 1.54) is 21.9 Å². The topological polar surface area (TPSA) is 63.8 Å². The van der Waals surface area contributed by atoms with Crippen LogP contribution in [0.4, 0.5) is 5.82 Å². The summed E-state index contributed by atoms with van der Waals surface area (Å²) < 4.78 is 1.50. The molecule has 2 rings (SSSR count). The second kappa shape index (κ2) is 3.89. The Balaban J connectivity index is 2.33. The molecular formula is C12H15N3O. The van der Waals surface area contributed by atoms with Crippen molar-refractivity contribution in [1.29, 1.82) is 0 Å². The van der Waals surface area contributed by atoms with Crippen LogP contribution in [0, 0.1) is 13.8 Å². The molecule has 0 bridgehead atoms. The second-order valence-corrected chi connectivity index (χ2v) is 4.13. The SMILES string of the molecule is Cc1cc(C)cc(Cn2[nH]c(N)cc2=O)c1. The van der Waals surface area contributed by atoms with Gasteiger partial charge in [-0.25, -0.2) is 4.68 Å². The summed E-state index contributed by atoms with van der Waals surface area (Å²) in [5.74, 6) is 0.398. The molecule has 2 aromatic rings. The Labute approximate surface area is 93.7 Å². The number of aromatic nitrogens is 2. The summed E-state index contributed by atoms with van der Waals surface area (Å²) in [5.41, 5.74) is 8.91. The van der Waals surface area contributed by atoms with Gasteiger partial charge in [-0.3, -0.25) is 9.89 Å². The molecule has 0 aliphatic heterocycles. The Morgan fingerprint density at radius 1 is 1.19 bits per heavy atom. The Morgan fingerprint density at radius 3 is 2.31 bits per heavy atom. The molecule has 0 unspecified atom stereocenters. The number of rotatable bonds is 2. The van der Waals surface area contributed by atoms with E-state index in [1.54, 1.807) is 0 Å². The van der Waals surface area contributed by atoms with Crippen molar-refractivity contribution in [2.45, 2.75) is 20.4 Å². The van der Waals surface area contributed by atoms with Crippen molar-refractivity contribution < 1.29 is 0 Å². The number of aromatic amines is 1. The van der Waals surface area contributed by atoms with E-state index in [4.69, 9.17) is 5.73 Å². The average Bonchev–Trinajstić information content (AvgIpc) is 2.43. The summed E-state index contributed by atoms with van der Waals surface area (Å²) in [6.45, 7) is 4.61. The first-order valence-electron chi connectivity index (χ1n) is 5.17. The van der Waals surface area contributed by atoms with Crippen molar-refractivity contribution >= 4 is 5.82 Å². The minimum atomic E-state index is -0.100. The van der Waals surface area contributed by atoms with Crippen LogP contribution in [0.3, 0.4) is 0 Å². The molecule has 0 aliphatic carbocycles. The summed E-state index contributed by atoms with van der Waals surface area (Å²) in [7, 11) is 0. The van der Waals surface area contributed by atoms with Gasteiger partial charge in [0.25, 0.3) is 5.56 Å². The number of H-pyrrole nitrogens is 1. The zero-order valence-electron chi connectivity index (χ0n) is 9.45. The first-order valence-corrected chi connectivity index (χ1v) is 5.17. The molecule has 4 nitrogen and oxygen atoms in total. The molecule has 0 amide bonds. The summed E-state index contributed by atoms with van der Waals surface area (Å²) in [4.78, 5) is 11.5. The van der Waals surface area contributed by atoms with Crippen LogP contribution in [0.1, 0.15) is 16.7 Å². The molecule has 4 heteroatoms. The van der Waals surface area contributed by atoms with Crippen molar-refractivity contribution in [3.05, 3.63) is 51.3 Å². The minimum absolute atomic E-state index is 0.100. The Bertz CT molecular complexity index is 546. The maximum atomic E-state index is 11.5. The molecule has 0 saturated heterocycles. The molecule has 1 aromatic carbocycles. The average molecular weight is 217 g/mol. The van der Waals surface area contributed by atoms with Crippen LogP contribution in [-0.4, -0.2) is 9.78 Å². The van der Waals surface area contributed by atoms with Gasteiger partial charge in [-0.2, -0.15) is 0 Å². The number of benzene rings is 1. The van der Waals surface area contributed by atoms with Gasteiger partial charge in [0.2, 0.25) is 0 Å². The molecule has 16 heavy (non-hydrogen) atoms. The summed E-state index contributed by atoms with van der Waals surface area (Å²) in [6, 6.07) is 7.63. The lowest BCUT2D eigenvalue weighted by Gasteiger charge is -2.05. The van der Waals surface area contributed by atoms with Gasteiger partial charge >= 0.3 is 0 Å². The largest absolute Gasteiger partial charge is 0.384 e. The van der Waals surface area contributed by atoms with Crippen molar-refractivity contribution in [3.8, 4) is 0 Å². The van der Waals surface area contributed by atoms with Crippen molar-refractivity contribution in [1.82, 2.24) is 9.78 Å². The third-order valence-corrected chi connectivity index (χ3v) is 2.43. The van der Waals surface area contributed by atoms with Crippen molar-refractivity contribution in [3.63, 3.8) is 0 Å². The van der Waals surface area contributed by atoms with E-state index >= 15 is 0 Å². The summed E-state index contributed by atoms with van der Waals surface area (Å²) in [6.07, 6.45) is 0. The molecule has 84 valence electrons. The highest BCUT2D eigenvalue weighted by Crippen LogP contribution is 2.09. The van der Waals surface area contributed by atoms with E-state index < -0.39 is 0 Å². The number of hydrogen-bond donors (Lipinski definition) is 2. The number of anilines is 1.